The van der Waals surface area contributed by atoms with E-state index in [1.54, 1.807) is 20.8 Å². The number of pyridine rings is 1. The molecule has 3 rings (SSSR count). The van der Waals surface area contributed by atoms with Gasteiger partial charge in [-0.25, -0.2) is 4.79 Å². The Morgan fingerprint density at radius 1 is 1.03 bits per heavy atom. The fourth-order valence-electron chi connectivity index (χ4n) is 3.55. The van der Waals surface area contributed by atoms with Gasteiger partial charge in [-0.15, -0.1) is 0 Å². The molecule has 9 nitrogen and oxygen atoms in total. The van der Waals surface area contributed by atoms with Crippen LogP contribution in [0.3, 0.4) is 0 Å². The number of benzene rings is 1. The predicted molar refractivity (Wildman–Crippen MR) is 123 cm³/mol. The smallest absolute Gasteiger partial charge is 0.407 e. The molecule has 0 radical (unpaired) electrons. The van der Waals surface area contributed by atoms with Crippen LogP contribution < -0.4 is 21.5 Å². The van der Waals surface area contributed by atoms with Gasteiger partial charge in [-0.05, 0) is 45.2 Å². The summed E-state index contributed by atoms with van der Waals surface area (Å²) >= 11 is 0. The molecule has 0 saturated heterocycles. The zero-order valence-electron chi connectivity index (χ0n) is 19.3. The van der Waals surface area contributed by atoms with Crippen LogP contribution in [0.25, 0.3) is 0 Å². The topological polar surface area (TPSA) is 119 Å². The van der Waals surface area contributed by atoms with Crippen molar-refractivity contribution in [2.75, 3.05) is 7.05 Å². The van der Waals surface area contributed by atoms with Crippen LogP contribution in [-0.4, -0.2) is 47.2 Å². The first-order valence-electron chi connectivity index (χ1n) is 10.9. The predicted octanol–water partition coefficient (Wildman–Crippen LogP) is 2.04. The van der Waals surface area contributed by atoms with Gasteiger partial charge < -0.3 is 25.3 Å². The van der Waals surface area contributed by atoms with E-state index in [1.165, 1.54) is 23.9 Å². The number of carbonyl (C=O) groups excluding carboxylic acids is 3. The van der Waals surface area contributed by atoms with Crippen LogP contribution in [0.2, 0.25) is 0 Å². The van der Waals surface area contributed by atoms with E-state index in [9.17, 15) is 19.2 Å². The molecule has 33 heavy (non-hydrogen) atoms. The molecule has 1 aromatic carbocycles. The molecule has 0 aliphatic heterocycles. The first-order valence-corrected chi connectivity index (χ1v) is 10.9. The Balaban J connectivity index is 1.69. The molecule has 2 aromatic rings. The highest BCUT2D eigenvalue weighted by Crippen LogP contribution is 2.21. The van der Waals surface area contributed by atoms with Gasteiger partial charge in [0, 0.05) is 25.3 Å². The van der Waals surface area contributed by atoms with Crippen molar-refractivity contribution in [2.45, 2.75) is 57.8 Å². The highest BCUT2D eigenvalue weighted by atomic mass is 16.6. The van der Waals surface area contributed by atoms with E-state index in [1.807, 2.05) is 30.3 Å². The third-order valence-electron chi connectivity index (χ3n) is 5.21. The van der Waals surface area contributed by atoms with Gasteiger partial charge >= 0.3 is 6.09 Å². The molecule has 0 bridgehead atoms. The van der Waals surface area contributed by atoms with Crippen molar-refractivity contribution < 1.29 is 19.1 Å². The van der Waals surface area contributed by atoms with Gasteiger partial charge in [-0.2, -0.15) is 0 Å². The van der Waals surface area contributed by atoms with E-state index in [4.69, 9.17) is 4.74 Å². The summed E-state index contributed by atoms with van der Waals surface area (Å²) in [4.78, 5) is 49.8. The third-order valence-corrected chi connectivity index (χ3v) is 5.21. The molecular weight excluding hydrogens is 424 g/mol. The van der Waals surface area contributed by atoms with Gasteiger partial charge in [0.1, 0.15) is 11.2 Å². The van der Waals surface area contributed by atoms with E-state index < -0.39 is 23.2 Å². The summed E-state index contributed by atoms with van der Waals surface area (Å²) in [5.74, 6) is -0.940. The second-order valence-electron chi connectivity index (χ2n) is 9.13. The fourth-order valence-corrected chi connectivity index (χ4v) is 3.55. The number of alkyl carbamates (subject to hydrolysis) is 1. The number of carbonyl (C=O) groups is 3. The van der Waals surface area contributed by atoms with Crippen molar-refractivity contribution in [3.63, 3.8) is 0 Å². The van der Waals surface area contributed by atoms with E-state index in [0.717, 1.165) is 5.56 Å². The zero-order valence-corrected chi connectivity index (χ0v) is 19.3. The minimum absolute atomic E-state index is 0.0846. The normalized spacial score (nSPS) is 17.5. The van der Waals surface area contributed by atoms with Crippen molar-refractivity contribution in [3.8, 4) is 0 Å². The minimum Gasteiger partial charge on any atom is -0.444 e. The van der Waals surface area contributed by atoms with Crippen LogP contribution in [0, 0.1) is 0 Å². The highest BCUT2D eigenvalue weighted by Gasteiger charge is 2.33. The Hall–Kier alpha value is -3.62. The minimum atomic E-state index is -0.577. The van der Waals surface area contributed by atoms with Crippen LogP contribution in [-0.2, 0) is 11.3 Å². The SMILES string of the molecule is CNC(=O)c1cc(C(=O)NC2CC(NC(=O)OC(C)(C)C)C2)cn(Cc2ccccc2)c1=O. The fraction of sp³-hybridized carbons (Fsp3) is 0.417. The van der Waals surface area contributed by atoms with Gasteiger partial charge in [0.05, 0.1) is 12.1 Å². The maximum absolute atomic E-state index is 12.9. The van der Waals surface area contributed by atoms with Crippen LogP contribution >= 0.6 is 0 Å². The molecule has 9 heteroatoms. The number of ether oxygens (including phenoxy) is 1. The largest absolute Gasteiger partial charge is 0.444 e. The summed E-state index contributed by atoms with van der Waals surface area (Å²) in [5, 5.41) is 8.13. The monoisotopic (exact) mass is 454 g/mol. The van der Waals surface area contributed by atoms with Crippen molar-refractivity contribution in [1.29, 1.82) is 0 Å². The lowest BCUT2D eigenvalue weighted by Crippen LogP contribution is -2.54. The number of hydrogen-bond acceptors (Lipinski definition) is 5. The van der Waals surface area contributed by atoms with Crippen molar-refractivity contribution in [1.82, 2.24) is 20.5 Å². The van der Waals surface area contributed by atoms with Gasteiger partial charge in [0.15, 0.2) is 0 Å². The summed E-state index contributed by atoms with van der Waals surface area (Å²) in [5.41, 5.74) is -0.0609. The van der Waals surface area contributed by atoms with Crippen molar-refractivity contribution in [2.24, 2.45) is 0 Å². The molecule has 1 saturated carbocycles. The molecule has 1 aliphatic carbocycles. The van der Waals surface area contributed by atoms with Gasteiger partial charge in [-0.1, -0.05) is 30.3 Å². The van der Waals surface area contributed by atoms with Crippen LogP contribution in [0.15, 0.2) is 47.4 Å². The van der Waals surface area contributed by atoms with Crippen LogP contribution in [0.4, 0.5) is 4.79 Å². The third kappa shape index (κ3) is 6.44. The quantitative estimate of drug-likeness (QED) is 0.617. The van der Waals surface area contributed by atoms with Crippen molar-refractivity contribution in [3.05, 3.63) is 69.6 Å². The molecule has 1 fully saturated rings. The molecule has 1 heterocycles. The Labute approximate surface area is 192 Å². The Kier molecular flexibility index (Phi) is 7.20. The Morgan fingerprint density at radius 3 is 2.27 bits per heavy atom. The summed E-state index contributed by atoms with van der Waals surface area (Å²) in [6.07, 6.45) is 2.11. The first kappa shape index (κ1) is 24.0. The summed E-state index contributed by atoms with van der Waals surface area (Å²) in [6.45, 7) is 5.61. The number of nitrogens with one attached hydrogen (secondary N) is 3. The van der Waals surface area contributed by atoms with Gasteiger partial charge in [0.2, 0.25) is 0 Å². The van der Waals surface area contributed by atoms with Crippen LogP contribution in [0.5, 0.6) is 0 Å². The molecule has 3 amide bonds. The molecule has 1 aliphatic rings. The van der Waals surface area contributed by atoms with E-state index in [2.05, 4.69) is 16.0 Å². The summed E-state index contributed by atoms with van der Waals surface area (Å²) < 4.78 is 6.61. The second-order valence-corrected chi connectivity index (χ2v) is 9.13. The molecule has 176 valence electrons. The zero-order chi connectivity index (χ0) is 24.2. The molecule has 1 aromatic heterocycles. The number of nitrogens with zero attached hydrogens (tertiary/aromatic N) is 1. The van der Waals surface area contributed by atoms with Crippen molar-refractivity contribution >= 4 is 17.9 Å². The number of rotatable bonds is 6. The molecular formula is C24H30N4O5. The first-order chi connectivity index (χ1) is 15.6. The van der Waals surface area contributed by atoms with E-state index >= 15 is 0 Å². The lowest BCUT2D eigenvalue weighted by Gasteiger charge is -2.36. The average molecular weight is 455 g/mol. The molecule has 0 unspecified atom stereocenters. The Morgan fingerprint density at radius 2 is 1.67 bits per heavy atom. The molecule has 0 spiro atoms. The second kappa shape index (κ2) is 9.89. The summed E-state index contributed by atoms with van der Waals surface area (Å²) in [6, 6.07) is 10.4. The molecule has 0 atom stereocenters. The average Bonchev–Trinajstić information content (AvgIpc) is 2.72. The lowest BCUT2D eigenvalue weighted by atomic mass is 9.86. The maximum atomic E-state index is 12.9. The van der Waals surface area contributed by atoms with E-state index in [-0.39, 0.29) is 35.7 Å². The van der Waals surface area contributed by atoms with Crippen LogP contribution in [0.1, 0.15) is 59.9 Å². The molecule has 3 N–H and O–H groups in total. The standard InChI is InChI=1S/C24H30N4O5/c1-24(2,3)33-23(32)27-18-11-17(12-18)26-20(29)16-10-19(21(30)25-4)22(31)28(14-16)13-15-8-6-5-7-9-15/h5-10,14,17-18H,11-13H2,1-4H3,(H,25,30)(H,26,29)(H,27,32). The van der Waals surface area contributed by atoms with Gasteiger partial charge in [0.25, 0.3) is 17.4 Å². The number of aromatic nitrogens is 1. The maximum Gasteiger partial charge on any atom is 0.407 e. The highest BCUT2D eigenvalue weighted by molar-refractivity contribution is 5.99. The Bertz CT molecular complexity index is 1080. The number of hydrogen-bond donors (Lipinski definition) is 3. The van der Waals surface area contributed by atoms with E-state index in [0.29, 0.717) is 12.8 Å². The summed E-state index contributed by atoms with van der Waals surface area (Å²) in [7, 11) is 1.43. The number of amides is 3. The lowest BCUT2D eigenvalue weighted by molar-refractivity contribution is 0.0465. The van der Waals surface area contributed by atoms with Gasteiger partial charge in [-0.3, -0.25) is 14.4 Å².